The molecule has 13 heteroatoms. The van der Waals surface area contributed by atoms with Gasteiger partial charge in [-0.15, -0.1) is 0 Å². The van der Waals surface area contributed by atoms with Gasteiger partial charge in [-0.25, -0.2) is 4.79 Å². The Morgan fingerprint density at radius 2 is 1.67 bits per heavy atom. The fourth-order valence-electron chi connectivity index (χ4n) is 1.98. The molecule has 3 amide bonds. The third-order valence-electron chi connectivity index (χ3n) is 3.39. The number of nitrogens with one attached hydrogen (secondary N) is 2. The van der Waals surface area contributed by atoms with Crippen molar-refractivity contribution in [2.45, 2.75) is 50.4 Å². The van der Waals surface area contributed by atoms with E-state index in [-0.39, 0.29) is 18.9 Å². The maximum atomic E-state index is 12.2. The van der Waals surface area contributed by atoms with Gasteiger partial charge >= 0.3 is 5.97 Å². The summed E-state index contributed by atoms with van der Waals surface area (Å²) < 4.78 is 0. The first kappa shape index (κ1) is 24.1. The third kappa shape index (κ3) is 9.96. The third-order valence-corrected chi connectivity index (χ3v) is 3.39. The molecule has 0 rings (SSSR count). The summed E-state index contributed by atoms with van der Waals surface area (Å²) in [4.78, 5) is 50.0. The summed E-state index contributed by atoms with van der Waals surface area (Å²) in [5.74, 6) is -4.26. The summed E-state index contributed by atoms with van der Waals surface area (Å²) in [6, 6.07) is -4.08. The molecule has 0 saturated carbocycles. The zero-order valence-electron chi connectivity index (χ0n) is 14.9. The summed E-state index contributed by atoms with van der Waals surface area (Å²) in [5, 5.41) is 23.0. The predicted octanol–water partition coefficient (Wildman–Crippen LogP) is -4.32. The van der Waals surface area contributed by atoms with E-state index in [4.69, 9.17) is 28.0 Å². The number of nitrogens with zero attached hydrogens (tertiary/aromatic N) is 1. The summed E-state index contributed by atoms with van der Waals surface area (Å²) in [6.45, 7) is 1.48. The van der Waals surface area contributed by atoms with Crippen molar-refractivity contribution in [2.24, 2.45) is 27.9 Å². The average molecular weight is 389 g/mol. The minimum atomic E-state index is -1.60. The predicted molar refractivity (Wildman–Crippen MR) is 94.9 cm³/mol. The SMILES string of the molecule is CC(O)C(NC(=O)C(N)CCCN=C(N)N)C(=O)NC(CC(N)=O)C(=O)O. The first-order chi connectivity index (χ1) is 12.5. The Balaban J connectivity index is 4.83. The van der Waals surface area contributed by atoms with Gasteiger partial charge in [-0.3, -0.25) is 19.4 Å². The number of hydrogen-bond donors (Lipinski definition) is 8. The van der Waals surface area contributed by atoms with Crippen LogP contribution >= 0.6 is 0 Å². The number of aliphatic carboxylic acids is 1. The molecule has 0 spiro atoms. The minimum Gasteiger partial charge on any atom is -0.480 e. The second-order valence-electron chi connectivity index (χ2n) is 5.85. The molecule has 0 fully saturated rings. The molecule has 0 aliphatic rings. The van der Waals surface area contributed by atoms with Crippen LogP contribution in [0.1, 0.15) is 26.2 Å². The number of primary amides is 1. The monoisotopic (exact) mass is 389 g/mol. The number of guanidine groups is 1. The van der Waals surface area contributed by atoms with Gasteiger partial charge in [0.2, 0.25) is 17.7 Å². The largest absolute Gasteiger partial charge is 0.480 e. The van der Waals surface area contributed by atoms with Gasteiger partial charge in [0.15, 0.2) is 5.96 Å². The standard InChI is InChI=1S/C14H27N7O6/c1-6(22)10(12(25)20-8(13(26)27)5-9(16)23)21-11(24)7(15)3-2-4-19-14(17)18/h6-8,10,22H,2-5,15H2,1H3,(H2,16,23)(H,20,25)(H,21,24)(H,26,27)(H4,17,18,19). The fourth-order valence-corrected chi connectivity index (χ4v) is 1.98. The normalized spacial score (nSPS) is 14.9. The maximum Gasteiger partial charge on any atom is 0.326 e. The lowest BCUT2D eigenvalue weighted by Crippen LogP contribution is -2.58. The summed E-state index contributed by atoms with van der Waals surface area (Å²) >= 11 is 0. The van der Waals surface area contributed by atoms with Gasteiger partial charge in [-0.05, 0) is 19.8 Å². The van der Waals surface area contributed by atoms with Gasteiger partial charge < -0.3 is 43.8 Å². The lowest BCUT2D eigenvalue weighted by atomic mass is 10.1. The highest BCUT2D eigenvalue weighted by molar-refractivity contribution is 5.93. The van der Waals surface area contributed by atoms with Gasteiger partial charge in [0, 0.05) is 6.54 Å². The first-order valence-electron chi connectivity index (χ1n) is 8.06. The van der Waals surface area contributed by atoms with Crippen molar-refractivity contribution in [3.63, 3.8) is 0 Å². The van der Waals surface area contributed by atoms with E-state index in [2.05, 4.69) is 10.3 Å². The molecule has 0 aliphatic heterocycles. The van der Waals surface area contributed by atoms with Gasteiger partial charge in [-0.2, -0.15) is 0 Å². The first-order valence-corrected chi connectivity index (χ1v) is 8.06. The van der Waals surface area contributed by atoms with Crippen LogP contribution in [0.25, 0.3) is 0 Å². The van der Waals surface area contributed by atoms with Crippen LogP contribution in [0.5, 0.6) is 0 Å². The molecule has 0 aromatic heterocycles. The lowest BCUT2D eigenvalue weighted by molar-refractivity contribution is -0.144. The zero-order chi connectivity index (χ0) is 21.1. The van der Waals surface area contributed by atoms with E-state index in [0.29, 0.717) is 6.42 Å². The van der Waals surface area contributed by atoms with Gasteiger partial charge in [0.1, 0.15) is 12.1 Å². The lowest BCUT2D eigenvalue weighted by Gasteiger charge is -2.24. The van der Waals surface area contributed by atoms with Gasteiger partial charge in [-0.1, -0.05) is 0 Å². The molecule has 12 N–H and O–H groups in total. The highest BCUT2D eigenvalue weighted by Crippen LogP contribution is 2.01. The Bertz CT molecular complexity index is 576. The van der Waals surface area contributed by atoms with Crippen LogP contribution in [-0.4, -0.2) is 70.6 Å². The van der Waals surface area contributed by atoms with Crippen LogP contribution in [0, 0.1) is 0 Å². The quantitative estimate of drug-likeness (QED) is 0.0911. The number of hydrogen-bond acceptors (Lipinski definition) is 7. The molecular weight excluding hydrogens is 362 g/mol. The van der Waals surface area contributed by atoms with E-state index in [9.17, 15) is 24.3 Å². The summed E-state index contributed by atoms with van der Waals surface area (Å²) in [6.07, 6.45) is -1.40. The Labute approximate surface area is 155 Å². The second-order valence-corrected chi connectivity index (χ2v) is 5.85. The molecule has 0 aromatic rings. The van der Waals surface area contributed by atoms with E-state index >= 15 is 0 Å². The molecule has 27 heavy (non-hydrogen) atoms. The van der Waals surface area contributed by atoms with Crippen molar-refractivity contribution < 1.29 is 29.4 Å². The van der Waals surface area contributed by atoms with Crippen LogP contribution in [0.4, 0.5) is 0 Å². The van der Waals surface area contributed by atoms with Crippen LogP contribution in [0.3, 0.4) is 0 Å². The zero-order valence-corrected chi connectivity index (χ0v) is 14.9. The van der Waals surface area contributed by atoms with Crippen molar-refractivity contribution in [3.05, 3.63) is 0 Å². The number of carboxylic acid groups (broad SMARTS) is 1. The molecule has 4 unspecified atom stereocenters. The van der Waals surface area contributed by atoms with Gasteiger partial charge in [0.25, 0.3) is 0 Å². The summed E-state index contributed by atoms with van der Waals surface area (Å²) in [5.41, 5.74) is 21.0. The Morgan fingerprint density at radius 3 is 2.11 bits per heavy atom. The van der Waals surface area contributed by atoms with Crippen molar-refractivity contribution >= 4 is 29.7 Å². The van der Waals surface area contributed by atoms with Crippen molar-refractivity contribution in [3.8, 4) is 0 Å². The van der Waals surface area contributed by atoms with Crippen LogP contribution in [0.15, 0.2) is 4.99 Å². The molecule has 0 heterocycles. The molecule has 0 aromatic carbocycles. The summed E-state index contributed by atoms with van der Waals surface area (Å²) in [7, 11) is 0. The Hall–Kier alpha value is -2.93. The van der Waals surface area contributed by atoms with Crippen LogP contribution < -0.4 is 33.6 Å². The number of amides is 3. The van der Waals surface area contributed by atoms with E-state index in [1.807, 2.05) is 5.32 Å². The Kier molecular flexibility index (Phi) is 10.4. The number of aliphatic hydroxyl groups excluding tert-OH is 1. The number of carbonyl (C=O) groups excluding carboxylic acids is 3. The smallest absolute Gasteiger partial charge is 0.326 e. The average Bonchev–Trinajstić information content (AvgIpc) is 2.54. The number of carboxylic acids is 1. The molecule has 0 radical (unpaired) electrons. The minimum absolute atomic E-state index is 0.0946. The van der Waals surface area contributed by atoms with Gasteiger partial charge in [0.05, 0.1) is 18.6 Å². The molecular formula is C14H27N7O6. The number of aliphatic hydroxyl groups is 1. The van der Waals surface area contributed by atoms with Crippen molar-refractivity contribution in [1.82, 2.24) is 10.6 Å². The number of rotatable bonds is 12. The van der Waals surface area contributed by atoms with Crippen molar-refractivity contribution in [2.75, 3.05) is 6.54 Å². The van der Waals surface area contributed by atoms with Crippen LogP contribution in [0.2, 0.25) is 0 Å². The molecule has 0 saturated heterocycles. The fraction of sp³-hybridized carbons (Fsp3) is 0.643. The topological polar surface area (TPSA) is 249 Å². The number of carbonyl (C=O) groups is 4. The molecule has 0 aliphatic carbocycles. The highest BCUT2D eigenvalue weighted by atomic mass is 16.4. The highest BCUT2D eigenvalue weighted by Gasteiger charge is 2.31. The second kappa shape index (κ2) is 11.6. The molecule has 4 atom stereocenters. The van der Waals surface area contributed by atoms with Crippen molar-refractivity contribution in [1.29, 1.82) is 0 Å². The Morgan fingerprint density at radius 1 is 1.07 bits per heavy atom. The molecule has 13 nitrogen and oxygen atoms in total. The van der Waals surface area contributed by atoms with Crippen LogP contribution in [-0.2, 0) is 19.2 Å². The number of aliphatic imine (C=N–C) groups is 1. The molecule has 154 valence electrons. The number of nitrogens with two attached hydrogens (primary N) is 4. The van der Waals surface area contributed by atoms with E-state index in [1.165, 1.54) is 6.92 Å². The molecule has 0 bridgehead atoms. The van der Waals surface area contributed by atoms with E-state index in [1.54, 1.807) is 0 Å². The van der Waals surface area contributed by atoms with E-state index in [0.717, 1.165) is 0 Å². The van der Waals surface area contributed by atoms with E-state index < -0.39 is 54.3 Å². The maximum absolute atomic E-state index is 12.2.